The molecule has 160 valence electrons. The van der Waals surface area contributed by atoms with Crippen molar-refractivity contribution in [3.8, 4) is 17.2 Å². The molecule has 5 nitrogen and oxygen atoms in total. The fourth-order valence-electron chi connectivity index (χ4n) is 3.28. The largest absolute Gasteiger partial charge is 0.504 e. The van der Waals surface area contributed by atoms with Gasteiger partial charge in [0.05, 0.1) is 4.90 Å². The number of hydrogen-bond donors (Lipinski definition) is 2. The van der Waals surface area contributed by atoms with E-state index in [1.54, 1.807) is 6.07 Å². The van der Waals surface area contributed by atoms with Crippen molar-refractivity contribution in [1.82, 2.24) is 0 Å². The van der Waals surface area contributed by atoms with Crippen molar-refractivity contribution in [2.75, 3.05) is 0 Å². The van der Waals surface area contributed by atoms with E-state index in [2.05, 4.69) is 13.0 Å². The van der Waals surface area contributed by atoms with Gasteiger partial charge in [0.1, 0.15) is 5.75 Å². The van der Waals surface area contributed by atoms with Crippen molar-refractivity contribution in [3.63, 3.8) is 0 Å². The Kier molecular flexibility index (Phi) is 9.48. The third-order valence-corrected chi connectivity index (χ3v) is 5.77. The summed E-state index contributed by atoms with van der Waals surface area (Å²) in [5.41, 5.74) is 1.17. The highest BCUT2D eigenvalue weighted by Gasteiger charge is 2.13. The molecule has 2 aromatic rings. The van der Waals surface area contributed by atoms with Crippen LogP contribution in [0.2, 0.25) is 0 Å². The van der Waals surface area contributed by atoms with Gasteiger partial charge in [0.25, 0.3) is 10.1 Å². The first-order valence-corrected chi connectivity index (χ1v) is 11.9. The molecule has 6 heteroatoms. The van der Waals surface area contributed by atoms with E-state index in [1.165, 1.54) is 69.1 Å². The Hall–Kier alpha value is -2.05. The van der Waals surface area contributed by atoms with Gasteiger partial charge in [-0.05, 0) is 42.7 Å². The van der Waals surface area contributed by atoms with Crippen molar-refractivity contribution in [2.45, 2.75) is 76.0 Å². The van der Waals surface area contributed by atoms with Crippen molar-refractivity contribution in [3.05, 3.63) is 48.0 Å². The van der Waals surface area contributed by atoms with Crippen LogP contribution < -0.4 is 4.74 Å². The Morgan fingerprint density at radius 3 is 2.14 bits per heavy atom. The van der Waals surface area contributed by atoms with Gasteiger partial charge < -0.3 is 9.84 Å². The standard InChI is InChI=1S/C23H32O5S/c1-2-3-4-5-6-7-8-9-10-12-19-13-11-14-20(17-19)28-23-16-15-21(18-22(23)24)29(25,26)27/h11,13-18,24H,2-10,12H2,1H3,(H,25,26,27). The topological polar surface area (TPSA) is 83.8 Å². The second-order valence-corrected chi connectivity index (χ2v) is 8.85. The summed E-state index contributed by atoms with van der Waals surface area (Å²) in [4.78, 5) is -0.374. The molecule has 0 unspecified atom stereocenters. The third-order valence-electron chi connectivity index (χ3n) is 4.92. The lowest BCUT2D eigenvalue weighted by Crippen LogP contribution is -1.98. The molecular formula is C23H32O5S. The minimum Gasteiger partial charge on any atom is -0.504 e. The van der Waals surface area contributed by atoms with Gasteiger partial charge in [-0.25, -0.2) is 0 Å². The van der Waals surface area contributed by atoms with Gasteiger partial charge in [-0.15, -0.1) is 0 Å². The zero-order chi connectivity index (χ0) is 21.1. The minimum atomic E-state index is -4.36. The van der Waals surface area contributed by atoms with E-state index < -0.39 is 10.1 Å². The molecule has 2 rings (SSSR count). The fourth-order valence-corrected chi connectivity index (χ4v) is 3.78. The highest BCUT2D eigenvalue weighted by molar-refractivity contribution is 7.85. The Morgan fingerprint density at radius 2 is 1.52 bits per heavy atom. The maximum atomic E-state index is 11.1. The van der Waals surface area contributed by atoms with Crippen molar-refractivity contribution < 1.29 is 22.8 Å². The van der Waals surface area contributed by atoms with Gasteiger partial charge in [0, 0.05) is 6.07 Å². The van der Waals surface area contributed by atoms with Crippen LogP contribution in [0.5, 0.6) is 17.2 Å². The number of aryl methyl sites for hydroxylation is 1. The number of phenolic OH excluding ortho intramolecular Hbond substituents is 1. The van der Waals surface area contributed by atoms with Crippen LogP contribution in [0, 0.1) is 0 Å². The molecule has 0 radical (unpaired) electrons. The van der Waals surface area contributed by atoms with E-state index in [1.807, 2.05) is 12.1 Å². The molecule has 0 aliphatic carbocycles. The average Bonchev–Trinajstić information content (AvgIpc) is 2.68. The minimum absolute atomic E-state index is 0.137. The van der Waals surface area contributed by atoms with E-state index in [4.69, 9.17) is 9.29 Å². The summed E-state index contributed by atoms with van der Waals surface area (Å²) in [6.45, 7) is 2.24. The first-order valence-electron chi connectivity index (χ1n) is 10.5. The van der Waals surface area contributed by atoms with E-state index in [-0.39, 0.29) is 16.4 Å². The summed E-state index contributed by atoms with van der Waals surface area (Å²) in [5, 5.41) is 9.98. The van der Waals surface area contributed by atoms with Gasteiger partial charge in [-0.1, -0.05) is 70.4 Å². The SMILES string of the molecule is CCCCCCCCCCCc1cccc(Oc2ccc(S(=O)(=O)O)cc2O)c1. The van der Waals surface area contributed by atoms with Crippen LogP contribution in [0.1, 0.15) is 70.3 Å². The molecule has 0 saturated heterocycles. The molecule has 0 amide bonds. The van der Waals surface area contributed by atoms with E-state index in [0.29, 0.717) is 5.75 Å². The lowest BCUT2D eigenvalue weighted by atomic mass is 10.0. The molecule has 0 fully saturated rings. The van der Waals surface area contributed by atoms with Crippen LogP contribution in [0.25, 0.3) is 0 Å². The monoisotopic (exact) mass is 420 g/mol. The normalized spacial score (nSPS) is 11.5. The van der Waals surface area contributed by atoms with Crippen LogP contribution in [0.15, 0.2) is 47.4 Å². The van der Waals surface area contributed by atoms with E-state index in [9.17, 15) is 13.5 Å². The predicted octanol–water partition coefficient (Wildman–Crippen LogP) is 6.50. The van der Waals surface area contributed by atoms with Gasteiger partial charge in [0.15, 0.2) is 11.5 Å². The highest BCUT2D eigenvalue weighted by atomic mass is 32.2. The molecule has 0 aliphatic heterocycles. The Morgan fingerprint density at radius 1 is 0.862 bits per heavy atom. The molecule has 0 heterocycles. The first-order chi connectivity index (χ1) is 13.9. The second kappa shape index (κ2) is 11.8. The Bertz CT molecular complexity index is 861. The molecule has 0 bridgehead atoms. The summed E-state index contributed by atoms with van der Waals surface area (Å²) in [7, 11) is -4.36. The predicted molar refractivity (Wildman–Crippen MR) is 115 cm³/mol. The van der Waals surface area contributed by atoms with Crippen molar-refractivity contribution in [1.29, 1.82) is 0 Å². The third kappa shape index (κ3) is 8.46. The summed E-state index contributed by atoms with van der Waals surface area (Å²) in [5.74, 6) is 0.371. The van der Waals surface area contributed by atoms with Crippen molar-refractivity contribution in [2.24, 2.45) is 0 Å². The number of aromatic hydroxyl groups is 1. The van der Waals surface area contributed by atoms with Gasteiger partial charge in [-0.3, -0.25) is 4.55 Å². The summed E-state index contributed by atoms with van der Waals surface area (Å²) in [6, 6.07) is 11.2. The van der Waals surface area contributed by atoms with Crippen LogP contribution in [-0.2, 0) is 16.5 Å². The molecular weight excluding hydrogens is 388 g/mol. The van der Waals surface area contributed by atoms with Gasteiger partial charge >= 0.3 is 0 Å². The Labute approximate surface area is 174 Å². The van der Waals surface area contributed by atoms with Crippen LogP contribution in [-0.4, -0.2) is 18.1 Å². The maximum absolute atomic E-state index is 11.1. The zero-order valence-electron chi connectivity index (χ0n) is 17.1. The zero-order valence-corrected chi connectivity index (χ0v) is 18.0. The summed E-state index contributed by atoms with van der Waals surface area (Å²) < 4.78 is 37.0. The number of hydrogen-bond acceptors (Lipinski definition) is 4. The van der Waals surface area contributed by atoms with Gasteiger partial charge in [-0.2, -0.15) is 8.42 Å². The number of benzene rings is 2. The van der Waals surface area contributed by atoms with E-state index >= 15 is 0 Å². The number of unbranched alkanes of at least 4 members (excludes halogenated alkanes) is 8. The smallest absolute Gasteiger partial charge is 0.294 e. The molecule has 0 aromatic heterocycles. The summed E-state index contributed by atoms with van der Waals surface area (Å²) >= 11 is 0. The molecule has 0 saturated carbocycles. The molecule has 0 spiro atoms. The highest BCUT2D eigenvalue weighted by Crippen LogP contribution is 2.33. The van der Waals surface area contributed by atoms with Gasteiger partial charge in [0.2, 0.25) is 0 Å². The lowest BCUT2D eigenvalue weighted by Gasteiger charge is -2.10. The van der Waals surface area contributed by atoms with Crippen molar-refractivity contribution >= 4 is 10.1 Å². The average molecular weight is 421 g/mol. The number of phenols is 1. The first kappa shape index (κ1) is 23.2. The quantitative estimate of drug-likeness (QED) is 0.285. The summed E-state index contributed by atoms with van der Waals surface area (Å²) in [6.07, 6.45) is 12.6. The number of rotatable bonds is 13. The molecule has 0 atom stereocenters. The van der Waals surface area contributed by atoms with Crippen LogP contribution >= 0.6 is 0 Å². The Balaban J connectivity index is 1.79. The molecule has 2 N–H and O–H groups in total. The lowest BCUT2D eigenvalue weighted by molar-refractivity contribution is 0.408. The van der Waals surface area contributed by atoms with E-state index in [0.717, 1.165) is 18.9 Å². The maximum Gasteiger partial charge on any atom is 0.294 e. The van der Waals surface area contributed by atoms with Crippen LogP contribution in [0.4, 0.5) is 0 Å². The fraction of sp³-hybridized carbons (Fsp3) is 0.478. The molecule has 0 aliphatic rings. The number of ether oxygens (including phenoxy) is 1. The second-order valence-electron chi connectivity index (χ2n) is 7.43. The molecule has 2 aromatic carbocycles. The molecule has 29 heavy (non-hydrogen) atoms. The van der Waals surface area contributed by atoms with Crippen LogP contribution in [0.3, 0.4) is 0 Å².